The first kappa shape index (κ1) is 13.9. The number of hydrogen-bond acceptors (Lipinski definition) is 6. The van der Waals surface area contributed by atoms with E-state index in [2.05, 4.69) is 10.3 Å². The van der Waals surface area contributed by atoms with E-state index in [1.54, 1.807) is 6.92 Å². The monoisotopic (exact) mass is 253 g/mol. The lowest BCUT2D eigenvalue weighted by Crippen LogP contribution is -2.09. The van der Waals surface area contributed by atoms with Gasteiger partial charge in [-0.2, -0.15) is 0 Å². The first-order chi connectivity index (χ1) is 8.63. The molecule has 0 aliphatic rings. The highest BCUT2D eigenvalue weighted by molar-refractivity contribution is 5.68. The van der Waals surface area contributed by atoms with Gasteiger partial charge in [0.25, 0.3) is 5.69 Å². The summed E-state index contributed by atoms with van der Waals surface area (Å²) in [6.07, 6.45) is 2.22. The molecule has 0 fully saturated rings. The largest absolute Gasteiger partial charge is 0.466 e. The zero-order valence-electron chi connectivity index (χ0n) is 10.1. The Morgan fingerprint density at radius 3 is 2.89 bits per heavy atom. The number of aromatic nitrogens is 1. The Balaban J connectivity index is 2.23. The van der Waals surface area contributed by atoms with Gasteiger partial charge in [-0.3, -0.25) is 14.9 Å². The predicted molar refractivity (Wildman–Crippen MR) is 65.2 cm³/mol. The minimum atomic E-state index is -0.499. The molecule has 0 aromatic carbocycles. The van der Waals surface area contributed by atoms with E-state index in [0.717, 1.165) is 0 Å². The number of nitrogens with one attached hydrogen (secondary N) is 1. The van der Waals surface area contributed by atoms with Gasteiger partial charge in [-0.1, -0.05) is 6.92 Å². The van der Waals surface area contributed by atoms with Gasteiger partial charge in [0, 0.05) is 19.0 Å². The molecule has 0 spiro atoms. The summed E-state index contributed by atoms with van der Waals surface area (Å²) in [6.45, 7) is 2.68. The number of nitro groups is 1. The average molecular weight is 253 g/mol. The molecule has 7 nitrogen and oxygen atoms in total. The maximum absolute atomic E-state index is 10.8. The molecule has 0 atom stereocenters. The molecule has 0 aliphatic carbocycles. The van der Waals surface area contributed by atoms with E-state index in [9.17, 15) is 14.9 Å². The van der Waals surface area contributed by atoms with E-state index >= 15 is 0 Å². The third kappa shape index (κ3) is 4.77. The van der Waals surface area contributed by atoms with Crippen LogP contribution in [-0.4, -0.2) is 29.0 Å². The molecule has 0 saturated carbocycles. The van der Waals surface area contributed by atoms with E-state index in [1.165, 1.54) is 18.3 Å². The Kier molecular flexibility index (Phi) is 5.56. The van der Waals surface area contributed by atoms with Crippen molar-refractivity contribution in [3.63, 3.8) is 0 Å². The first-order valence-electron chi connectivity index (χ1n) is 5.63. The second-order valence-electron chi connectivity index (χ2n) is 3.51. The van der Waals surface area contributed by atoms with Gasteiger partial charge in [0.2, 0.25) is 0 Å². The second kappa shape index (κ2) is 7.21. The van der Waals surface area contributed by atoms with E-state index in [0.29, 0.717) is 31.8 Å². The van der Waals surface area contributed by atoms with Crippen molar-refractivity contribution in [2.75, 3.05) is 18.5 Å². The number of anilines is 1. The first-order valence-corrected chi connectivity index (χ1v) is 5.63. The third-order valence-electron chi connectivity index (χ3n) is 2.14. The van der Waals surface area contributed by atoms with Crippen LogP contribution in [0, 0.1) is 10.1 Å². The van der Waals surface area contributed by atoms with Crippen LogP contribution < -0.4 is 5.32 Å². The smallest absolute Gasteiger partial charge is 0.305 e. The van der Waals surface area contributed by atoms with Crippen molar-refractivity contribution in [2.24, 2.45) is 0 Å². The molecule has 7 heteroatoms. The Labute approximate surface area is 104 Å². The van der Waals surface area contributed by atoms with Crippen molar-refractivity contribution < 1.29 is 14.5 Å². The third-order valence-corrected chi connectivity index (χ3v) is 2.14. The van der Waals surface area contributed by atoms with Crippen LogP contribution >= 0.6 is 0 Å². The zero-order valence-corrected chi connectivity index (χ0v) is 10.1. The fraction of sp³-hybridized carbons (Fsp3) is 0.455. The molecule has 0 saturated heterocycles. The summed E-state index contributed by atoms with van der Waals surface area (Å²) in [4.78, 5) is 24.6. The minimum Gasteiger partial charge on any atom is -0.466 e. The summed E-state index contributed by atoms with van der Waals surface area (Å²) in [5.41, 5.74) is -0.0441. The summed E-state index contributed by atoms with van der Waals surface area (Å²) in [7, 11) is 0. The number of hydrogen-bond donors (Lipinski definition) is 1. The fourth-order valence-corrected chi connectivity index (χ4v) is 1.18. The molecular formula is C11H15N3O4. The van der Waals surface area contributed by atoms with Crippen LogP contribution in [0.25, 0.3) is 0 Å². The fourth-order valence-electron chi connectivity index (χ4n) is 1.18. The van der Waals surface area contributed by atoms with Crippen molar-refractivity contribution in [2.45, 2.75) is 19.8 Å². The van der Waals surface area contributed by atoms with Crippen molar-refractivity contribution in [3.05, 3.63) is 28.4 Å². The zero-order chi connectivity index (χ0) is 13.4. The number of esters is 1. The normalized spacial score (nSPS) is 9.83. The second-order valence-corrected chi connectivity index (χ2v) is 3.51. The molecule has 0 aliphatic heterocycles. The highest BCUT2D eigenvalue weighted by Gasteiger charge is 2.04. The van der Waals surface area contributed by atoms with Crippen LogP contribution in [-0.2, 0) is 9.53 Å². The van der Waals surface area contributed by atoms with E-state index < -0.39 is 4.92 Å². The van der Waals surface area contributed by atoms with E-state index in [1.807, 2.05) is 0 Å². The van der Waals surface area contributed by atoms with E-state index in [4.69, 9.17) is 4.74 Å². The van der Waals surface area contributed by atoms with Gasteiger partial charge in [0.05, 0.1) is 11.5 Å². The summed E-state index contributed by atoms with van der Waals surface area (Å²) < 4.78 is 4.89. The molecule has 0 unspecified atom stereocenters. The van der Waals surface area contributed by atoms with Crippen LogP contribution in [0.3, 0.4) is 0 Å². The quantitative estimate of drug-likeness (QED) is 0.344. The van der Waals surface area contributed by atoms with Gasteiger partial charge in [0.15, 0.2) is 0 Å². The van der Waals surface area contributed by atoms with Crippen LogP contribution in [0.2, 0.25) is 0 Å². The highest BCUT2D eigenvalue weighted by Crippen LogP contribution is 2.11. The molecular weight excluding hydrogens is 238 g/mol. The molecule has 98 valence electrons. The SMILES string of the molecule is CCC(=O)OCCCNc1ccc([N+](=O)[O-])cn1. The summed E-state index contributed by atoms with van der Waals surface area (Å²) in [5.74, 6) is 0.339. The van der Waals surface area contributed by atoms with Gasteiger partial charge in [-0.15, -0.1) is 0 Å². The number of pyridine rings is 1. The molecule has 18 heavy (non-hydrogen) atoms. The molecule has 1 aromatic heterocycles. The molecule has 1 aromatic rings. The number of ether oxygens (including phenoxy) is 1. The van der Waals surface area contributed by atoms with Crippen molar-refractivity contribution >= 4 is 17.5 Å². The Morgan fingerprint density at radius 2 is 2.33 bits per heavy atom. The van der Waals surface area contributed by atoms with Crippen LogP contribution in [0.5, 0.6) is 0 Å². The number of rotatable bonds is 7. The number of carbonyl (C=O) groups excluding carboxylic acids is 1. The maximum Gasteiger partial charge on any atom is 0.305 e. The lowest BCUT2D eigenvalue weighted by Gasteiger charge is -2.05. The summed E-state index contributed by atoms with van der Waals surface area (Å²) in [6, 6.07) is 2.92. The molecule has 1 heterocycles. The lowest BCUT2D eigenvalue weighted by atomic mass is 10.4. The predicted octanol–water partition coefficient (Wildman–Crippen LogP) is 1.74. The van der Waals surface area contributed by atoms with Gasteiger partial charge < -0.3 is 10.1 Å². The number of nitrogens with zero attached hydrogens (tertiary/aromatic N) is 2. The average Bonchev–Trinajstić information content (AvgIpc) is 2.38. The standard InChI is InChI=1S/C11H15N3O4/c1-2-11(15)18-7-3-6-12-10-5-4-9(8-13-10)14(16)17/h4-5,8H,2-3,6-7H2,1H3,(H,12,13). The molecule has 0 amide bonds. The topological polar surface area (TPSA) is 94.4 Å². The van der Waals surface area contributed by atoms with Gasteiger partial charge in [-0.25, -0.2) is 4.98 Å². The molecule has 1 N–H and O–H groups in total. The summed E-state index contributed by atoms with van der Waals surface area (Å²) in [5, 5.41) is 13.4. The van der Waals surface area contributed by atoms with Gasteiger partial charge in [0.1, 0.15) is 12.0 Å². The molecule has 1 rings (SSSR count). The van der Waals surface area contributed by atoms with E-state index in [-0.39, 0.29) is 11.7 Å². The summed E-state index contributed by atoms with van der Waals surface area (Å²) >= 11 is 0. The van der Waals surface area contributed by atoms with Crippen LogP contribution in [0.15, 0.2) is 18.3 Å². The van der Waals surface area contributed by atoms with Crippen LogP contribution in [0.4, 0.5) is 11.5 Å². The minimum absolute atomic E-state index is 0.0441. The number of carbonyl (C=O) groups is 1. The van der Waals surface area contributed by atoms with Crippen molar-refractivity contribution in [3.8, 4) is 0 Å². The Morgan fingerprint density at radius 1 is 1.56 bits per heavy atom. The van der Waals surface area contributed by atoms with Crippen molar-refractivity contribution in [1.82, 2.24) is 4.98 Å². The van der Waals surface area contributed by atoms with Gasteiger partial charge in [-0.05, 0) is 12.5 Å². The molecule has 0 radical (unpaired) electrons. The maximum atomic E-state index is 10.8. The lowest BCUT2D eigenvalue weighted by molar-refractivity contribution is -0.385. The Bertz CT molecular complexity index is 405. The van der Waals surface area contributed by atoms with Gasteiger partial charge >= 0.3 is 5.97 Å². The highest BCUT2D eigenvalue weighted by atomic mass is 16.6. The van der Waals surface area contributed by atoms with Crippen molar-refractivity contribution in [1.29, 1.82) is 0 Å². The van der Waals surface area contributed by atoms with Crippen LogP contribution in [0.1, 0.15) is 19.8 Å². The Hall–Kier alpha value is -2.18. The molecule has 0 bridgehead atoms.